The SMILES string of the molecule is COc1ccc(NC(=NCCC#Cc2cccc(C(C)=O)c2)NC#N)cc1OC1CCCC1. The van der Waals surface area contributed by atoms with E-state index in [0.29, 0.717) is 36.0 Å². The number of benzene rings is 2. The molecule has 0 spiro atoms. The molecule has 0 heterocycles. The lowest BCUT2D eigenvalue weighted by atomic mass is 10.1. The number of nitrogens with one attached hydrogen (secondary N) is 2. The summed E-state index contributed by atoms with van der Waals surface area (Å²) in [6.07, 6.45) is 7.05. The number of carbonyl (C=O) groups is 1. The van der Waals surface area contributed by atoms with Crippen LogP contribution in [0.4, 0.5) is 5.69 Å². The monoisotopic (exact) mass is 444 g/mol. The number of hydrogen-bond donors (Lipinski definition) is 2. The van der Waals surface area contributed by atoms with Gasteiger partial charge in [0.15, 0.2) is 23.5 Å². The van der Waals surface area contributed by atoms with E-state index in [2.05, 4.69) is 27.5 Å². The number of nitrogens with zero attached hydrogens (tertiary/aromatic N) is 2. The molecule has 3 rings (SSSR count). The average molecular weight is 445 g/mol. The van der Waals surface area contributed by atoms with Crippen molar-refractivity contribution in [3.8, 4) is 29.5 Å². The summed E-state index contributed by atoms with van der Waals surface area (Å²) in [7, 11) is 1.62. The Morgan fingerprint density at radius 2 is 2.00 bits per heavy atom. The van der Waals surface area contributed by atoms with Gasteiger partial charge in [-0.1, -0.05) is 24.0 Å². The van der Waals surface area contributed by atoms with E-state index in [9.17, 15) is 4.79 Å². The highest BCUT2D eigenvalue weighted by Gasteiger charge is 2.18. The summed E-state index contributed by atoms with van der Waals surface area (Å²) < 4.78 is 11.6. The first-order valence-electron chi connectivity index (χ1n) is 11.0. The smallest absolute Gasteiger partial charge is 0.209 e. The molecule has 0 aromatic heterocycles. The molecule has 0 unspecified atom stereocenters. The Bertz CT molecular complexity index is 1100. The van der Waals surface area contributed by atoms with Gasteiger partial charge in [-0.2, -0.15) is 5.26 Å². The maximum Gasteiger partial charge on any atom is 0.209 e. The van der Waals surface area contributed by atoms with Crippen LogP contribution in [0.3, 0.4) is 0 Å². The fourth-order valence-corrected chi connectivity index (χ4v) is 3.54. The van der Waals surface area contributed by atoms with Crippen molar-refractivity contribution in [1.82, 2.24) is 5.32 Å². The van der Waals surface area contributed by atoms with Gasteiger partial charge in [-0.3, -0.25) is 15.1 Å². The highest BCUT2D eigenvalue weighted by Crippen LogP contribution is 2.33. The summed E-state index contributed by atoms with van der Waals surface area (Å²) in [5.41, 5.74) is 2.16. The van der Waals surface area contributed by atoms with Gasteiger partial charge < -0.3 is 14.8 Å². The molecular weight excluding hydrogens is 416 g/mol. The van der Waals surface area contributed by atoms with Crippen LogP contribution in [-0.2, 0) is 0 Å². The van der Waals surface area contributed by atoms with Crippen molar-refractivity contribution in [3.05, 3.63) is 53.6 Å². The predicted octanol–water partition coefficient (Wildman–Crippen LogP) is 4.50. The second-order valence-corrected chi connectivity index (χ2v) is 7.67. The van der Waals surface area contributed by atoms with E-state index >= 15 is 0 Å². The van der Waals surface area contributed by atoms with E-state index in [1.165, 1.54) is 19.8 Å². The molecule has 1 fully saturated rings. The van der Waals surface area contributed by atoms with Crippen molar-refractivity contribution < 1.29 is 14.3 Å². The molecule has 33 heavy (non-hydrogen) atoms. The third kappa shape index (κ3) is 7.29. The molecule has 7 nitrogen and oxygen atoms in total. The van der Waals surface area contributed by atoms with Crippen molar-refractivity contribution in [2.45, 2.75) is 45.1 Å². The van der Waals surface area contributed by atoms with Crippen molar-refractivity contribution in [2.24, 2.45) is 4.99 Å². The number of rotatable bonds is 7. The van der Waals surface area contributed by atoms with Crippen molar-refractivity contribution >= 4 is 17.4 Å². The van der Waals surface area contributed by atoms with Crippen LogP contribution in [0.5, 0.6) is 11.5 Å². The standard InChI is InChI=1S/C26H28N4O3/c1-19(31)21-10-7-9-20(16-21)8-5-6-15-28-26(29-18-27)30-22-13-14-24(32-2)25(17-22)33-23-11-3-4-12-23/h7,9-10,13-14,16-17,23H,3-4,6,11-12,15H2,1-2H3,(H2,28,29,30). The first-order valence-corrected chi connectivity index (χ1v) is 11.0. The molecule has 2 aromatic rings. The van der Waals surface area contributed by atoms with E-state index in [1.54, 1.807) is 19.2 Å². The van der Waals surface area contributed by atoms with E-state index in [0.717, 1.165) is 24.1 Å². The third-order valence-corrected chi connectivity index (χ3v) is 5.21. The summed E-state index contributed by atoms with van der Waals surface area (Å²) in [6.45, 7) is 1.93. The molecule has 7 heteroatoms. The van der Waals surface area contributed by atoms with Gasteiger partial charge in [-0.25, -0.2) is 0 Å². The number of Topliss-reactive ketones (excluding diaryl/α,β-unsaturated/α-hetero) is 1. The van der Waals surface area contributed by atoms with Gasteiger partial charge in [-0.05, 0) is 56.9 Å². The molecule has 1 saturated carbocycles. The molecular formula is C26H28N4O3. The lowest BCUT2D eigenvalue weighted by Gasteiger charge is -2.17. The molecule has 0 atom stereocenters. The second-order valence-electron chi connectivity index (χ2n) is 7.67. The van der Waals surface area contributed by atoms with E-state index in [1.807, 2.05) is 36.5 Å². The molecule has 0 amide bonds. The Balaban J connectivity index is 1.63. The molecule has 2 N–H and O–H groups in total. The van der Waals surface area contributed by atoms with E-state index < -0.39 is 0 Å². The van der Waals surface area contributed by atoms with Gasteiger partial charge in [0.25, 0.3) is 0 Å². The van der Waals surface area contributed by atoms with Crippen LogP contribution in [-0.4, -0.2) is 31.5 Å². The lowest BCUT2D eigenvalue weighted by Crippen LogP contribution is -2.27. The Morgan fingerprint density at radius 3 is 2.73 bits per heavy atom. The lowest BCUT2D eigenvalue weighted by molar-refractivity contribution is 0.101. The number of ether oxygens (including phenoxy) is 2. The Morgan fingerprint density at radius 1 is 1.18 bits per heavy atom. The zero-order valence-electron chi connectivity index (χ0n) is 19.0. The highest BCUT2D eigenvalue weighted by atomic mass is 16.5. The number of aliphatic imine (C=N–C) groups is 1. The fourth-order valence-electron chi connectivity index (χ4n) is 3.54. The van der Waals surface area contributed by atoms with Gasteiger partial charge >= 0.3 is 0 Å². The maximum atomic E-state index is 11.5. The van der Waals surface area contributed by atoms with Crippen LogP contribution in [0.25, 0.3) is 0 Å². The molecule has 170 valence electrons. The number of ketones is 1. The summed E-state index contributed by atoms with van der Waals surface area (Å²) in [5.74, 6) is 7.77. The van der Waals surface area contributed by atoms with Gasteiger partial charge in [0.05, 0.1) is 19.8 Å². The summed E-state index contributed by atoms with van der Waals surface area (Å²) in [5, 5.41) is 14.8. The predicted molar refractivity (Wildman–Crippen MR) is 128 cm³/mol. The average Bonchev–Trinajstić information content (AvgIpc) is 3.32. The number of nitriles is 1. The first-order chi connectivity index (χ1) is 16.1. The largest absolute Gasteiger partial charge is 0.493 e. The van der Waals surface area contributed by atoms with Crippen molar-refractivity contribution in [3.63, 3.8) is 0 Å². The van der Waals surface area contributed by atoms with Gasteiger partial charge in [-0.15, -0.1) is 0 Å². The second kappa shape index (κ2) is 12.2. The fraction of sp³-hybridized carbons (Fsp3) is 0.346. The van der Waals surface area contributed by atoms with Crippen LogP contribution >= 0.6 is 0 Å². The van der Waals surface area contributed by atoms with Crippen molar-refractivity contribution in [1.29, 1.82) is 5.26 Å². The van der Waals surface area contributed by atoms with Crippen LogP contribution in [0, 0.1) is 23.3 Å². The summed E-state index contributed by atoms with van der Waals surface area (Å²) >= 11 is 0. The Hall–Kier alpha value is -3.97. The normalized spacial score (nSPS) is 13.4. The van der Waals surface area contributed by atoms with E-state index in [-0.39, 0.29) is 11.9 Å². The van der Waals surface area contributed by atoms with Crippen LogP contribution in [0.1, 0.15) is 54.9 Å². The Kier molecular flexibility index (Phi) is 8.73. The number of guanidine groups is 1. The molecule has 1 aliphatic carbocycles. The minimum absolute atomic E-state index is 0.0110. The number of hydrogen-bond acceptors (Lipinski definition) is 5. The maximum absolute atomic E-state index is 11.5. The molecule has 0 bridgehead atoms. The van der Waals surface area contributed by atoms with Gasteiger partial charge in [0, 0.05) is 29.3 Å². The van der Waals surface area contributed by atoms with E-state index in [4.69, 9.17) is 14.7 Å². The molecule has 1 aliphatic rings. The minimum Gasteiger partial charge on any atom is -0.493 e. The number of carbonyl (C=O) groups excluding carboxylic acids is 1. The molecule has 0 aliphatic heterocycles. The third-order valence-electron chi connectivity index (χ3n) is 5.21. The molecule has 2 aromatic carbocycles. The van der Waals surface area contributed by atoms with Gasteiger partial charge in [0.1, 0.15) is 0 Å². The molecule has 0 radical (unpaired) electrons. The molecule has 0 saturated heterocycles. The number of methoxy groups -OCH3 is 1. The first kappa shape index (κ1) is 23.7. The minimum atomic E-state index is 0.0110. The van der Waals surface area contributed by atoms with Crippen molar-refractivity contribution in [2.75, 3.05) is 19.0 Å². The summed E-state index contributed by atoms with van der Waals surface area (Å²) in [6, 6.07) is 12.8. The number of anilines is 1. The van der Waals surface area contributed by atoms with Gasteiger partial charge in [0.2, 0.25) is 5.96 Å². The Labute approximate surface area is 194 Å². The quantitative estimate of drug-likeness (QED) is 0.124. The zero-order chi connectivity index (χ0) is 23.5. The zero-order valence-corrected chi connectivity index (χ0v) is 19.0. The van der Waals surface area contributed by atoms with Crippen LogP contribution in [0.2, 0.25) is 0 Å². The van der Waals surface area contributed by atoms with Crippen LogP contribution < -0.4 is 20.1 Å². The highest BCUT2D eigenvalue weighted by molar-refractivity contribution is 5.95. The topological polar surface area (TPSA) is 95.7 Å². The van der Waals surface area contributed by atoms with Crippen LogP contribution in [0.15, 0.2) is 47.5 Å². The summed E-state index contributed by atoms with van der Waals surface area (Å²) in [4.78, 5) is 15.9.